The summed E-state index contributed by atoms with van der Waals surface area (Å²) in [6.07, 6.45) is 2.09. The van der Waals surface area contributed by atoms with Crippen molar-refractivity contribution in [3.63, 3.8) is 0 Å². The maximum Gasteiger partial charge on any atom is 0.256 e. The van der Waals surface area contributed by atoms with Crippen molar-refractivity contribution in [3.05, 3.63) is 41.2 Å². The zero-order chi connectivity index (χ0) is 15.4. The third-order valence-corrected chi connectivity index (χ3v) is 3.72. The van der Waals surface area contributed by atoms with Crippen molar-refractivity contribution in [2.75, 3.05) is 13.2 Å². The fourth-order valence-electron chi connectivity index (χ4n) is 2.32. The zero-order valence-electron chi connectivity index (χ0n) is 12.2. The van der Waals surface area contributed by atoms with Gasteiger partial charge in [-0.1, -0.05) is 35.9 Å². The summed E-state index contributed by atoms with van der Waals surface area (Å²) in [5.74, 6) is -0.0844. The van der Waals surface area contributed by atoms with Crippen LogP contribution < -0.4 is 0 Å². The molecule has 1 N–H and O–H groups in total. The average molecular weight is 307 g/mol. The number of aromatic nitrogens is 1. The van der Waals surface area contributed by atoms with E-state index in [1.54, 1.807) is 4.90 Å². The minimum Gasteiger partial charge on any atom is -0.396 e. The molecule has 0 fully saturated rings. The number of pyridine rings is 1. The van der Waals surface area contributed by atoms with Crippen LogP contribution in [0.25, 0.3) is 10.8 Å². The highest BCUT2D eigenvalue weighted by molar-refractivity contribution is 6.34. The van der Waals surface area contributed by atoms with Crippen molar-refractivity contribution in [3.8, 4) is 0 Å². The Kier molecular flexibility index (Phi) is 5.15. The molecule has 0 saturated carbocycles. The van der Waals surface area contributed by atoms with E-state index in [-0.39, 0.29) is 18.6 Å². The van der Waals surface area contributed by atoms with E-state index in [9.17, 15) is 4.79 Å². The topological polar surface area (TPSA) is 53.4 Å². The highest BCUT2D eigenvalue weighted by Gasteiger charge is 2.21. The smallest absolute Gasteiger partial charge is 0.256 e. The van der Waals surface area contributed by atoms with Crippen molar-refractivity contribution in [1.29, 1.82) is 0 Å². The predicted molar refractivity (Wildman–Crippen MR) is 84.6 cm³/mol. The molecular formula is C16H19ClN2O2. The average Bonchev–Trinajstić information content (AvgIpc) is 2.48. The Hall–Kier alpha value is -1.65. The van der Waals surface area contributed by atoms with Gasteiger partial charge in [-0.05, 0) is 25.7 Å². The van der Waals surface area contributed by atoms with Gasteiger partial charge in [0, 0.05) is 30.8 Å². The predicted octanol–water partition coefficient (Wildman–Crippen LogP) is 3.12. The molecule has 21 heavy (non-hydrogen) atoms. The first-order valence-corrected chi connectivity index (χ1v) is 7.39. The second-order valence-corrected chi connectivity index (χ2v) is 5.54. The molecule has 0 aliphatic heterocycles. The molecule has 0 unspecified atom stereocenters. The van der Waals surface area contributed by atoms with Crippen LogP contribution in [0, 0.1) is 0 Å². The van der Waals surface area contributed by atoms with Gasteiger partial charge in [0.2, 0.25) is 0 Å². The van der Waals surface area contributed by atoms with E-state index in [0.717, 1.165) is 10.8 Å². The molecule has 5 heteroatoms. The second-order valence-electron chi connectivity index (χ2n) is 5.18. The minimum atomic E-state index is -0.0844. The molecule has 112 valence electrons. The summed E-state index contributed by atoms with van der Waals surface area (Å²) in [4.78, 5) is 18.6. The number of carbonyl (C=O) groups is 1. The number of rotatable bonds is 5. The molecule has 2 aromatic rings. The number of amides is 1. The number of carbonyl (C=O) groups excluding carboxylic acids is 1. The summed E-state index contributed by atoms with van der Waals surface area (Å²) in [7, 11) is 0. The molecule has 1 aromatic heterocycles. The van der Waals surface area contributed by atoms with Gasteiger partial charge >= 0.3 is 0 Å². The Bertz CT molecular complexity index is 643. The summed E-state index contributed by atoms with van der Waals surface area (Å²) >= 11 is 6.09. The van der Waals surface area contributed by atoms with Gasteiger partial charge in [0.25, 0.3) is 5.91 Å². The molecule has 2 rings (SSSR count). The minimum absolute atomic E-state index is 0.0542. The number of nitrogens with zero attached hydrogens (tertiary/aromatic N) is 2. The molecule has 1 amide bonds. The quantitative estimate of drug-likeness (QED) is 0.864. The standard InChI is InChI=1S/C16H19ClN2O2/c1-11(2)19(8-5-9-20)16(21)14-10-18-15(17)13-7-4-3-6-12(13)14/h3-4,6-7,10-11,20H,5,8-9H2,1-2H3. The van der Waals surface area contributed by atoms with Crippen LogP contribution in [0.1, 0.15) is 30.6 Å². The van der Waals surface area contributed by atoms with Crippen LogP contribution in [0.2, 0.25) is 5.15 Å². The number of hydrogen-bond acceptors (Lipinski definition) is 3. The largest absolute Gasteiger partial charge is 0.396 e. The summed E-state index contributed by atoms with van der Waals surface area (Å²) in [5, 5.41) is 11.0. The number of aliphatic hydroxyl groups excluding tert-OH is 1. The Morgan fingerprint density at radius 2 is 2.00 bits per heavy atom. The highest BCUT2D eigenvalue weighted by Crippen LogP contribution is 2.25. The number of aliphatic hydroxyl groups is 1. The first-order valence-electron chi connectivity index (χ1n) is 7.01. The summed E-state index contributed by atoms with van der Waals surface area (Å²) < 4.78 is 0. The van der Waals surface area contributed by atoms with Crippen LogP contribution in [0.5, 0.6) is 0 Å². The van der Waals surface area contributed by atoms with Crippen LogP contribution >= 0.6 is 11.6 Å². The lowest BCUT2D eigenvalue weighted by Crippen LogP contribution is -2.38. The van der Waals surface area contributed by atoms with Gasteiger partial charge in [-0.25, -0.2) is 4.98 Å². The first kappa shape index (κ1) is 15.7. The molecule has 0 aliphatic rings. The fraction of sp³-hybridized carbons (Fsp3) is 0.375. The Labute approximate surface area is 129 Å². The van der Waals surface area contributed by atoms with E-state index in [1.165, 1.54) is 6.20 Å². The van der Waals surface area contributed by atoms with E-state index in [2.05, 4.69) is 4.98 Å². The van der Waals surface area contributed by atoms with E-state index >= 15 is 0 Å². The third-order valence-electron chi connectivity index (χ3n) is 3.42. The number of benzene rings is 1. The van der Waals surface area contributed by atoms with Gasteiger partial charge in [-0.2, -0.15) is 0 Å². The second kappa shape index (κ2) is 6.87. The first-order chi connectivity index (χ1) is 10.1. The molecule has 0 spiro atoms. The van der Waals surface area contributed by atoms with Gasteiger partial charge in [-0.3, -0.25) is 4.79 Å². The monoisotopic (exact) mass is 306 g/mol. The van der Waals surface area contributed by atoms with Gasteiger partial charge in [0.1, 0.15) is 5.15 Å². The van der Waals surface area contributed by atoms with E-state index in [4.69, 9.17) is 16.7 Å². The molecule has 0 radical (unpaired) electrons. The maximum atomic E-state index is 12.8. The van der Waals surface area contributed by atoms with Crippen LogP contribution in [-0.2, 0) is 0 Å². The number of fused-ring (bicyclic) bond motifs is 1. The van der Waals surface area contributed by atoms with Crippen molar-refractivity contribution >= 4 is 28.3 Å². The van der Waals surface area contributed by atoms with Gasteiger partial charge < -0.3 is 10.0 Å². The lowest BCUT2D eigenvalue weighted by Gasteiger charge is -2.27. The SMILES string of the molecule is CC(C)N(CCCO)C(=O)c1cnc(Cl)c2ccccc12. The molecular weight excluding hydrogens is 288 g/mol. The molecule has 1 aromatic carbocycles. The molecule has 4 nitrogen and oxygen atoms in total. The molecule has 0 saturated heterocycles. The van der Waals surface area contributed by atoms with Crippen molar-refractivity contribution < 1.29 is 9.90 Å². The summed E-state index contributed by atoms with van der Waals surface area (Å²) in [5.41, 5.74) is 0.543. The lowest BCUT2D eigenvalue weighted by atomic mass is 10.1. The number of halogens is 1. The number of hydrogen-bond donors (Lipinski definition) is 1. The van der Waals surface area contributed by atoms with Crippen LogP contribution in [0.4, 0.5) is 0 Å². The van der Waals surface area contributed by atoms with Crippen molar-refractivity contribution in [1.82, 2.24) is 9.88 Å². The normalized spacial score (nSPS) is 11.1. The third kappa shape index (κ3) is 3.34. The van der Waals surface area contributed by atoms with Crippen molar-refractivity contribution in [2.45, 2.75) is 26.3 Å². The molecule has 0 atom stereocenters. The lowest BCUT2D eigenvalue weighted by molar-refractivity contribution is 0.0695. The Balaban J connectivity index is 2.45. The molecule has 0 bridgehead atoms. The van der Waals surface area contributed by atoms with E-state index < -0.39 is 0 Å². The van der Waals surface area contributed by atoms with E-state index in [1.807, 2.05) is 38.1 Å². The Morgan fingerprint density at radius 1 is 1.33 bits per heavy atom. The maximum absolute atomic E-state index is 12.8. The van der Waals surface area contributed by atoms with Crippen molar-refractivity contribution in [2.24, 2.45) is 0 Å². The van der Waals surface area contributed by atoms with Gasteiger partial charge in [-0.15, -0.1) is 0 Å². The molecule has 0 aliphatic carbocycles. The zero-order valence-corrected chi connectivity index (χ0v) is 13.0. The summed E-state index contributed by atoms with van der Waals surface area (Å²) in [6, 6.07) is 7.53. The van der Waals surface area contributed by atoms with Crippen LogP contribution in [0.15, 0.2) is 30.5 Å². The van der Waals surface area contributed by atoms with Gasteiger partial charge in [0.05, 0.1) is 5.56 Å². The fourth-order valence-corrected chi connectivity index (χ4v) is 2.53. The van der Waals surface area contributed by atoms with Crippen LogP contribution in [0.3, 0.4) is 0 Å². The highest BCUT2D eigenvalue weighted by atomic mass is 35.5. The van der Waals surface area contributed by atoms with Gasteiger partial charge in [0.15, 0.2) is 0 Å². The van der Waals surface area contributed by atoms with Crippen LogP contribution in [-0.4, -0.2) is 40.1 Å². The Morgan fingerprint density at radius 3 is 2.62 bits per heavy atom. The summed E-state index contributed by atoms with van der Waals surface area (Å²) in [6.45, 7) is 4.50. The van der Waals surface area contributed by atoms with E-state index in [0.29, 0.717) is 23.7 Å². The molecule has 1 heterocycles.